The maximum Gasteiger partial charge on any atom is 0.246 e. The Morgan fingerprint density at radius 3 is 2.92 bits per heavy atom. The van der Waals surface area contributed by atoms with E-state index in [2.05, 4.69) is 11.4 Å². The molecule has 0 fully saturated rings. The van der Waals surface area contributed by atoms with E-state index in [0.29, 0.717) is 19.8 Å². The highest BCUT2D eigenvalue weighted by molar-refractivity contribution is 5.98. The van der Waals surface area contributed by atoms with Crippen molar-refractivity contribution in [2.75, 3.05) is 43.1 Å². The first-order chi connectivity index (χ1) is 12.3. The predicted octanol–water partition coefficient (Wildman–Crippen LogP) is 3.10. The minimum absolute atomic E-state index is 0.0765. The summed E-state index contributed by atoms with van der Waals surface area (Å²) in [5.74, 6) is 0.844. The molecule has 2 aromatic carbocycles. The van der Waals surface area contributed by atoms with Gasteiger partial charge in [-0.2, -0.15) is 0 Å². The third-order valence-electron chi connectivity index (χ3n) is 4.17. The number of benzene rings is 2. The summed E-state index contributed by atoms with van der Waals surface area (Å²) in [7, 11) is 0. The van der Waals surface area contributed by atoms with Crippen LogP contribution in [0.2, 0.25) is 0 Å². The van der Waals surface area contributed by atoms with Crippen LogP contribution in [0.25, 0.3) is 0 Å². The first-order valence-electron chi connectivity index (χ1n) is 8.70. The van der Waals surface area contributed by atoms with Crippen molar-refractivity contribution in [1.29, 1.82) is 0 Å². The van der Waals surface area contributed by atoms with Gasteiger partial charge in [0, 0.05) is 30.6 Å². The number of nitrogens with one attached hydrogen (secondary N) is 1. The fourth-order valence-corrected chi connectivity index (χ4v) is 2.93. The minimum atomic E-state index is 0.0765. The Morgan fingerprint density at radius 1 is 1.16 bits per heavy atom. The van der Waals surface area contributed by atoms with Crippen molar-refractivity contribution >= 4 is 17.3 Å². The van der Waals surface area contributed by atoms with Crippen molar-refractivity contribution in [2.24, 2.45) is 0 Å². The van der Waals surface area contributed by atoms with Gasteiger partial charge in [0.15, 0.2) is 0 Å². The first kappa shape index (κ1) is 17.3. The van der Waals surface area contributed by atoms with Crippen LogP contribution in [0.3, 0.4) is 0 Å². The molecule has 0 radical (unpaired) electrons. The molecular formula is C20H24N2O3. The highest BCUT2D eigenvalue weighted by atomic mass is 16.5. The van der Waals surface area contributed by atoms with Gasteiger partial charge in [0.05, 0.1) is 13.2 Å². The predicted molar refractivity (Wildman–Crippen MR) is 99.4 cm³/mol. The second-order valence-electron chi connectivity index (χ2n) is 5.85. The summed E-state index contributed by atoms with van der Waals surface area (Å²) in [5.41, 5.74) is 3.14. The van der Waals surface area contributed by atoms with E-state index < -0.39 is 0 Å². The van der Waals surface area contributed by atoms with E-state index in [1.165, 1.54) is 5.56 Å². The minimum Gasteiger partial charge on any atom is -0.491 e. The van der Waals surface area contributed by atoms with Crippen LogP contribution in [0.4, 0.5) is 11.4 Å². The molecular weight excluding hydrogens is 316 g/mol. The Bertz CT molecular complexity index is 718. The molecule has 5 nitrogen and oxygen atoms in total. The van der Waals surface area contributed by atoms with Gasteiger partial charge in [-0.25, -0.2) is 0 Å². The standard InChI is InChI=1S/C20H24N2O3/c1-2-24-12-13-25-18-8-5-7-17(14-18)21-15-20(23)22-11-10-16-6-3-4-9-19(16)22/h3-9,14,21H,2,10-13,15H2,1H3. The molecule has 0 spiro atoms. The Balaban J connectivity index is 1.52. The van der Waals surface area contributed by atoms with Crippen molar-refractivity contribution in [2.45, 2.75) is 13.3 Å². The first-order valence-corrected chi connectivity index (χ1v) is 8.70. The maximum absolute atomic E-state index is 12.5. The topological polar surface area (TPSA) is 50.8 Å². The van der Waals surface area contributed by atoms with Crippen molar-refractivity contribution in [1.82, 2.24) is 0 Å². The number of para-hydroxylation sites is 1. The molecule has 0 aliphatic carbocycles. The monoisotopic (exact) mass is 340 g/mol. The lowest BCUT2D eigenvalue weighted by molar-refractivity contribution is -0.116. The second-order valence-corrected chi connectivity index (χ2v) is 5.85. The third-order valence-corrected chi connectivity index (χ3v) is 4.17. The second kappa shape index (κ2) is 8.53. The summed E-state index contributed by atoms with van der Waals surface area (Å²) in [6.45, 7) is 4.74. The molecule has 25 heavy (non-hydrogen) atoms. The largest absolute Gasteiger partial charge is 0.491 e. The lowest BCUT2D eigenvalue weighted by Gasteiger charge is -2.18. The van der Waals surface area contributed by atoms with Crippen LogP contribution in [0.1, 0.15) is 12.5 Å². The zero-order chi connectivity index (χ0) is 17.5. The molecule has 0 unspecified atom stereocenters. The molecule has 1 aliphatic rings. The van der Waals surface area contributed by atoms with E-state index in [9.17, 15) is 4.79 Å². The van der Waals surface area contributed by atoms with Gasteiger partial charge >= 0.3 is 0 Å². The van der Waals surface area contributed by atoms with E-state index in [1.807, 2.05) is 54.3 Å². The molecule has 0 bridgehead atoms. The third kappa shape index (κ3) is 4.51. The van der Waals surface area contributed by atoms with Gasteiger partial charge in [-0.15, -0.1) is 0 Å². The van der Waals surface area contributed by atoms with Crippen LogP contribution in [-0.2, 0) is 16.0 Å². The van der Waals surface area contributed by atoms with Crippen LogP contribution in [0.5, 0.6) is 5.75 Å². The number of rotatable bonds is 8. The highest BCUT2D eigenvalue weighted by Crippen LogP contribution is 2.27. The number of fused-ring (bicyclic) bond motifs is 1. The summed E-state index contributed by atoms with van der Waals surface area (Å²) in [4.78, 5) is 14.4. The summed E-state index contributed by atoms with van der Waals surface area (Å²) in [6.07, 6.45) is 0.922. The van der Waals surface area contributed by atoms with Gasteiger partial charge in [0.25, 0.3) is 0 Å². The number of anilines is 2. The molecule has 1 N–H and O–H groups in total. The Hall–Kier alpha value is -2.53. The van der Waals surface area contributed by atoms with Crippen LogP contribution in [0.15, 0.2) is 48.5 Å². The molecule has 5 heteroatoms. The Morgan fingerprint density at radius 2 is 2.04 bits per heavy atom. The fraction of sp³-hybridized carbons (Fsp3) is 0.350. The lowest BCUT2D eigenvalue weighted by atomic mass is 10.2. The number of ether oxygens (including phenoxy) is 2. The summed E-state index contributed by atoms with van der Waals surface area (Å²) in [5, 5.41) is 3.19. The average Bonchev–Trinajstić information content (AvgIpc) is 3.08. The van der Waals surface area contributed by atoms with Crippen LogP contribution in [-0.4, -0.2) is 38.8 Å². The molecule has 0 saturated heterocycles. The van der Waals surface area contributed by atoms with Crippen molar-refractivity contribution in [3.63, 3.8) is 0 Å². The molecule has 1 amide bonds. The zero-order valence-corrected chi connectivity index (χ0v) is 14.5. The fourth-order valence-electron chi connectivity index (χ4n) is 2.93. The van der Waals surface area contributed by atoms with E-state index in [4.69, 9.17) is 9.47 Å². The number of carbonyl (C=O) groups is 1. The zero-order valence-electron chi connectivity index (χ0n) is 14.5. The number of hydrogen-bond acceptors (Lipinski definition) is 4. The normalized spacial score (nSPS) is 12.8. The maximum atomic E-state index is 12.5. The average molecular weight is 340 g/mol. The molecule has 0 aromatic heterocycles. The number of nitrogens with zero attached hydrogens (tertiary/aromatic N) is 1. The summed E-state index contributed by atoms with van der Waals surface area (Å²) in [6, 6.07) is 15.7. The van der Waals surface area contributed by atoms with Crippen molar-refractivity contribution in [3.8, 4) is 5.75 Å². The number of carbonyl (C=O) groups excluding carboxylic acids is 1. The Kier molecular flexibility index (Phi) is 5.90. The number of amides is 1. The smallest absolute Gasteiger partial charge is 0.246 e. The molecule has 3 rings (SSSR count). The van der Waals surface area contributed by atoms with E-state index in [1.54, 1.807) is 0 Å². The molecule has 1 aliphatic heterocycles. The quantitative estimate of drug-likeness (QED) is 0.750. The molecule has 2 aromatic rings. The van der Waals surface area contributed by atoms with Gasteiger partial charge in [-0.1, -0.05) is 24.3 Å². The van der Waals surface area contributed by atoms with Gasteiger partial charge in [0.2, 0.25) is 5.91 Å². The highest BCUT2D eigenvalue weighted by Gasteiger charge is 2.23. The molecule has 0 saturated carbocycles. The Labute approximate surface area is 148 Å². The van der Waals surface area contributed by atoms with Crippen molar-refractivity contribution < 1.29 is 14.3 Å². The van der Waals surface area contributed by atoms with E-state index in [0.717, 1.165) is 30.1 Å². The van der Waals surface area contributed by atoms with Gasteiger partial charge in [0.1, 0.15) is 12.4 Å². The van der Waals surface area contributed by atoms with Crippen LogP contribution in [0, 0.1) is 0 Å². The molecule has 0 atom stereocenters. The number of hydrogen-bond donors (Lipinski definition) is 1. The SMILES string of the molecule is CCOCCOc1cccc(NCC(=O)N2CCc3ccccc32)c1. The van der Waals surface area contributed by atoms with E-state index in [-0.39, 0.29) is 12.5 Å². The van der Waals surface area contributed by atoms with E-state index >= 15 is 0 Å². The van der Waals surface area contributed by atoms with Crippen LogP contribution >= 0.6 is 0 Å². The van der Waals surface area contributed by atoms with Crippen LogP contribution < -0.4 is 15.0 Å². The van der Waals surface area contributed by atoms with Gasteiger partial charge < -0.3 is 19.7 Å². The van der Waals surface area contributed by atoms with Crippen molar-refractivity contribution in [3.05, 3.63) is 54.1 Å². The van der Waals surface area contributed by atoms with Gasteiger partial charge in [-0.05, 0) is 37.1 Å². The molecule has 1 heterocycles. The van der Waals surface area contributed by atoms with Gasteiger partial charge in [-0.3, -0.25) is 4.79 Å². The summed E-state index contributed by atoms with van der Waals surface area (Å²) < 4.78 is 10.9. The summed E-state index contributed by atoms with van der Waals surface area (Å²) >= 11 is 0. The molecule has 132 valence electrons. The lowest BCUT2D eigenvalue weighted by Crippen LogP contribution is -2.34.